The molecule has 0 fully saturated rings. The molecule has 0 spiro atoms. The van der Waals surface area contributed by atoms with Gasteiger partial charge in [-0.25, -0.2) is 9.37 Å². The number of benzene rings is 2. The highest BCUT2D eigenvalue weighted by Gasteiger charge is 2.22. The third kappa shape index (κ3) is 4.76. The van der Waals surface area contributed by atoms with Gasteiger partial charge in [-0.2, -0.15) is 0 Å². The fraction of sp³-hybridized carbons (Fsp3) is 0.300. The maximum absolute atomic E-state index is 14.7. The Hall–Kier alpha value is -2.18. The monoisotopic (exact) mass is 541 g/mol. The summed E-state index contributed by atoms with van der Waals surface area (Å²) < 4.78 is 22.1. The van der Waals surface area contributed by atoms with Crippen molar-refractivity contribution in [2.45, 2.75) is 32.4 Å². The summed E-state index contributed by atoms with van der Waals surface area (Å²) >= 11 is 1.83. The van der Waals surface area contributed by atoms with Gasteiger partial charge in [-0.1, -0.05) is 31.8 Å². The van der Waals surface area contributed by atoms with Crippen LogP contribution in [-0.4, -0.2) is 29.2 Å². The van der Waals surface area contributed by atoms with Crippen LogP contribution < -0.4 is 5.56 Å². The highest BCUT2D eigenvalue weighted by atomic mass is 127. The molecule has 3 aromatic rings. The van der Waals surface area contributed by atoms with E-state index in [4.69, 9.17) is 4.74 Å². The molecule has 0 bridgehead atoms. The number of rotatable bonds is 7. The van der Waals surface area contributed by atoms with E-state index in [2.05, 4.69) is 24.6 Å². The lowest BCUT2D eigenvalue weighted by molar-refractivity contribution is -0.383. The Kier molecular flexibility index (Phi) is 6.67. The van der Waals surface area contributed by atoms with Crippen LogP contribution in [0.1, 0.15) is 0 Å². The van der Waals surface area contributed by atoms with Gasteiger partial charge in [-0.05, 0) is 46.8 Å². The van der Waals surface area contributed by atoms with Gasteiger partial charge < -0.3 is 4.74 Å². The Bertz CT molecular complexity index is 1180. The first-order valence-electron chi connectivity index (χ1n) is 9.30. The number of halogens is 2. The molecule has 0 amide bonds. The minimum atomic E-state index is -1.33. The number of hydrogen-bond acceptors (Lipinski definition) is 5. The molecule has 0 aliphatic heterocycles. The lowest BCUT2D eigenvalue weighted by atomic mass is 10.1. The second kappa shape index (κ2) is 8.90. The van der Waals surface area contributed by atoms with Crippen LogP contribution in [0.25, 0.3) is 22.3 Å². The van der Waals surface area contributed by atoms with Gasteiger partial charge in [0, 0.05) is 29.9 Å². The predicted octanol–water partition coefficient (Wildman–Crippen LogP) is 5.03. The van der Waals surface area contributed by atoms with Crippen molar-refractivity contribution in [1.29, 1.82) is 0 Å². The quantitative estimate of drug-likeness (QED) is 0.138. The summed E-state index contributed by atoms with van der Waals surface area (Å²) in [6.45, 7) is 7.01. The maximum Gasteiger partial charge on any atom is 0.297 e. The summed E-state index contributed by atoms with van der Waals surface area (Å²) in [5.41, 5.74) is -0.696. The van der Waals surface area contributed by atoms with Crippen LogP contribution in [-0.2, 0) is 11.5 Å². The first-order valence-corrected chi connectivity index (χ1v) is 14.1. The highest BCUT2D eigenvalue weighted by Crippen LogP contribution is 2.27. The Labute approximate surface area is 187 Å². The van der Waals surface area contributed by atoms with Crippen LogP contribution in [0.5, 0.6) is 0 Å². The summed E-state index contributed by atoms with van der Waals surface area (Å²) in [5.74, 6) is -0.591. The van der Waals surface area contributed by atoms with Crippen molar-refractivity contribution in [2.24, 2.45) is 0 Å². The first-order chi connectivity index (χ1) is 14.1. The van der Waals surface area contributed by atoms with Gasteiger partial charge >= 0.3 is 0 Å². The molecule has 158 valence electrons. The van der Waals surface area contributed by atoms with Crippen molar-refractivity contribution >= 4 is 47.4 Å². The number of fused-ring (bicyclic) bond motifs is 1. The van der Waals surface area contributed by atoms with Crippen molar-refractivity contribution in [2.75, 3.05) is 6.61 Å². The minimum absolute atomic E-state index is 0.00259. The average molecular weight is 541 g/mol. The van der Waals surface area contributed by atoms with Gasteiger partial charge in [-0.3, -0.25) is 19.5 Å². The van der Waals surface area contributed by atoms with Gasteiger partial charge in [-0.15, -0.1) is 0 Å². The summed E-state index contributed by atoms with van der Waals surface area (Å²) in [4.78, 5) is 28.4. The lowest BCUT2D eigenvalue weighted by Gasteiger charge is -2.17. The molecule has 1 heterocycles. The summed E-state index contributed by atoms with van der Waals surface area (Å²) in [6, 6.07) is 9.91. The van der Waals surface area contributed by atoms with E-state index in [1.165, 1.54) is 22.8 Å². The average Bonchev–Trinajstić information content (AvgIpc) is 2.67. The van der Waals surface area contributed by atoms with Crippen molar-refractivity contribution in [3.8, 4) is 11.3 Å². The molecule has 0 atom stereocenters. The Morgan fingerprint density at radius 2 is 1.93 bits per heavy atom. The zero-order chi connectivity index (χ0) is 22.1. The Balaban J connectivity index is 2.19. The molecule has 3 rings (SSSR count). The highest BCUT2D eigenvalue weighted by molar-refractivity contribution is 14.1. The zero-order valence-corrected chi connectivity index (χ0v) is 20.0. The maximum atomic E-state index is 14.7. The van der Waals surface area contributed by atoms with Crippen molar-refractivity contribution in [3.05, 3.63) is 66.3 Å². The van der Waals surface area contributed by atoms with E-state index in [1.807, 2.05) is 22.6 Å². The molecule has 7 nitrogen and oxygen atoms in total. The van der Waals surface area contributed by atoms with Crippen LogP contribution in [0.2, 0.25) is 25.7 Å². The number of para-hydroxylation sites is 1. The fourth-order valence-corrected chi connectivity index (χ4v) is 4.18. The normalized spacial score (nSPS) is 11.8. The van der Waals surface area contributed by atoms with E-state index in [-0.39, 0.29) is 34.7 Å². The number of nitro groups is 1. The summed E-state index contributed by atoms with van der Waals surface area (Å²) in [5, 5.41) is 11.5. The van der Waals surface area contributed by atoms with E-state index in [0.29, 0.717) is 10.2 Å². The number of non-ortho nitro benzene ring substituents is 1. The lowest BCUT2D eigenvalue weighted by Crippen LogP contribution is -2.27. The van der Waals surface area contributed by atoms with Crippen LogP contribution in [0, 0.1) is 19.5 Å². The molecule has 0 saturated carbocycles. The second-order valence-electron chi connectivity index (χ2n) is 8.04. The zero-order valence-electron chi connectivity index (χ0n) is 16.8. The third-order valence-electron chi connectivity index (χ3n) is 4.58. The van der Waals surface area contributed by atoms with Crippen LogP contribution in [0.3, 0.4) is 0 Å². The molecule has 0 aliphatic carbocycles. The van der Waals surface area contributed by atoms with Gasteiger partial charge in [0.25, 0.3) is 11.2 Å². The summed E-state index contributed by atoms with van der Waals surface area (Å²) in [6.07, 6.45) is 0. The molecule has 2 aromatic carbocycles. The van der Waals surface area contributed by atoms with E-state index < -0.39 is 24.4 Å². The minimum Gasteiger partial charge on any atom is -0.361 e. The Morgan fingerprint density at radius 1 is 1.23 bits per heavy atom. The van der Waals surface area contributed by atoms with Gasteiger partial charge in [0.05, 0.1) is 10.4 Å². The van der Waals surface area contributed by atoms with Gasteiger partial charge in [0.15, 0.2) is 5.52 Å². The van der Waals surface area contributed by atoms with Gasteiger partial charge in [0.2, 0.25) is 0 Å². The number of nitro benzene ring substituents is 1. The van der Waals surface area contributed by atoms with Crippen LogP contribution in [0.15, 0.2) is 41.2 Å². The van der Waals surface area contributed by atoms with Gasteiger partial charge in [0.1, 0.15) is 18.2 Å². The SMILES string of the molecule is C[Si](C)(C)CCOCn1c(=O)c(-c2cccc(I)c2F)nc2c([N+](=O)[O-])cccc21. The second-order valence-corrected chi connectivity index (χ2v) is 14.8. The first kappa shape index (κ1) is 22.5. The molecule has 0 unspecified atom stereocenters. The molecular formula is C20H21FIN3O4Si. The number of nitrogens with zero attached hydrogens (tertiary/aromatic N) is 3. The molecule has 1 aromatic heterocycles. The number of ether oxygens (including phenoxy) is 1. The third-order valence-corrected chi connectivity index (χ3v) is 7.11. The smallest absolute Gasteiger partial charge is 0.297 e. The molecule has 30 heavy (non-hydrogen) atoms. The number of hydrogen-bond donors (Lipinski definition) is 0. The van der Waals surface area contributed by atoms with E-state index in [0.717, 1.165) is 6.04 Å². The number of aromatic nitrogens is 2. The van der Waals surface area contributed by atoms with Crippen LogP contribution >= 0.6 is 22.6 Å². The van der Waals surface area contributed by atoms with Crippen molar-refractivity contribution < 1.29 is 14.1 Å². The van der Waals surface area contributed by atoms with E-state index in [9.17, 15) is 19.3 Å². The topological polar surface area (TPSA) is 87.3 Å². The largest absolute Gasteiger partial charge is 0.361 e. The van der Waals surface area contributed by atoms with Crippen LogP contribution in [0.4, 0.5) is 10.1 Å². The molecule has 0 aliphatic rings. The van der Waals surface area contributed by atoms with E-state index in [1.54, 1.807) is 18.2 Å². The van der Waals surface area contributed by atoms with Crippen molar-refractivity contribution in [3.63, 3.8) is 0 Å². The molecule has 0 N–H and O–H groups in total. The Morgan fingerprint density at radius 3 is 2.60 bits per heavy atom. The van der Waals surface area contributed by atoms with E-state index >= 15 is 0 Å². The van der Waals surface area contributed by atoms with Crippen molar-refractivity contribution in [1.82, 2.24) is 9.55 Å². The molecule has 0 saturated heterocycles. The molecule has 10 heteroatoms. The summed E-state index contributed by atoms with van der Waals surface area (Å²) in [7, 11) is -1.33. The fourth-order valence-electron chi connectivity index (χ4n) is 2.92. The molecule has 0 radical (unpaired) electrons. The molecular weight excluding hydrogens is 520 g/mol. The predicted molar refractivity (Wildman–Crippen MR) is 125 cm³/mol. The standard InChI is InChI=1S/C20H21FIN3O4Si/c1-30(2,3)11-10-29-12-24-15-8-5-9-16(25(27)28)19(15)23-18(20(24)26)13-6-4-7-14(22)17(13)21/h4-9H,10-12H2,1-3H3.